The maximum absolute atomic E-state index is 13.2. The van der Waals surface area contributed by atoms with Gasteiger partial charge in [-0.15, -0.1) is 0 Å². The van der Waals surface area contributed by atoms with Crippen LogP contribution in [0.2, 0.25) is 0 Å². The normalized spacial score (nSPS) is 25.2. The van der Waals surface area contributed by atoms with Gasteiger partial charge >= 0.3 is 5.97 Å². The van der Waals surface area contributed by atoms with Crippen LogP contribution in [0.5, 0.6) is 5.75 Å². The number of para-hydroxylation sites is 1. The molecule has 0 bridgehead atoms. The van der Waals surface area contributed by atoms with Crippen molar-refractivity contribution in [3.05, 3.63) is 65.7 Å². The number of hydrogen-bond donors (Lipinski definition) is 1. The van der Waals surface area contributed by atoms with Crippen LogP contribution < -0.4 is 10.1 Å². The topological polar surface area (TPSA) is 72.5 Å². The summed E-state index contributed by atoms with van der Waals surface area (Å²) in [7, 11) is 0. The number of rotatable bonds is 4. The van der Waals surface area contributed by atoms with E-state index in [0.717, 1.165) is 11.1 Å². The zero-order valence-corrected chi connectivity index (χ0v) is 16.2. The molecule has 2 aromatic rings. The van der Waals surface area contributed by atoms with Crippen LogP contribution in [0.25, 0.3) is 0 Å². The zero-order chi connectivity index (χ0) is 20.1. The standard InChI is InChI=1S/C23H23NO4/c1-22(2,3)19(25)18-17-15-11-7-8-12-16(15)28-21(27)23(17,18)20(26)24-13-14-9-5-4-6-10-14/h4-12,17-18H,13H2,1-3H3,(H,24,26)/t17-,18+,23-/m0/s1. The first-order valence-corrected chi connectivity index (χ1v) is 9.45. The summed E-state index contributed by atoms with van der Waals surface area (Å²) in [6.45, 7) is 5.73. The van der Waals surface area contributed by atoms with Crippen molar-refractivity contribution < 1.29 is 19.1 Å². The highest BCUT2D eigenvalue weighted by molar-refractivity contribution is 6.16. The number of ether oxygens (including phenoxy) is 1. The molecule has 1 aliphatic heterocycles. The SMILES string of the molecule is CC(C)(C)C(=O)[C@H]1[C@@H]2c3ccccc3OC(=O)[C@]12C(=O)NCc1ccccc1. The Bertz CT molecular complexity index is 960. The van der Waals surface area contributed by atoms with E-state index in [9.17, 15) is 14.4 Å². The van der Waals surface area contributed by atoms with Gasteiger partial charge in [-0.2, -0.15) is 0 Å². The number of hydrogen-bond acceptors (Lipinski definition) is 4. The molecule has 0 unspecified atom stereocenters. The molecule has 2 aliphatic rings. The Labute approximate surface area is 164 Å². The molecule has 144 valence electrons. The second-order valence-electron chi connectivity index (χ2n) is 8.53. The van der Waals surface area contributed by atoms with Crippen LogP contribution in [0, 0.1) is 16.7 Å². The van der Waals surface area contributed by atoms with Crippen LogP contribution in [-0.2, 0) is 20.9 Å². The number of ketones is 1. The van der Waals surface area contributed by atoms with Gasteiger partial charge in [0.25, 0.3) is 0 Å². The molecule has 0 aromatic heterocycles. The fraction of sp³-hybridized carbons (Fsp3) is 0.348. The maximum atomic E-state index is 13.2. The minimum atomic E-state index is -1.48. The van der Waals surface area contributed by atoms with Crippen LogP contribution in [0.3, 0.4) is 0 Å². The molecule has 1 aliphatic carbocycles. The molecule has 0 saturated heterocycles. The predicted octanol–water partition coefficient (Wildman–Crippen LogP) is 3.24. The lowest BCUT2D eigenvalue weighted by atomic mass is 9.85. The summed E-state index contributed by atoms with van der Waals surface area (Å²) >= 11 is 0. The molecule has 1 saturated carbocycles. The van der Waals surface area contributed by atoms with E-state index in [2.05, 4.69) is 5.32 Å². The number of carbonyl (C=O) groups is 3. The van der Waals surface area contributed by atoms with E-state index in [0.29, 0.717) is 12.3 Å². The van der Waals surface area contributed by atoms with Crippen molar-refractivity contribution in [2.45, 2.75) is 33.2 Å². The second-order valence-corrected chi connectivity index (χ2v) is 8.53. The van der Waals surface area contributed by atoms with E-state index >= 15 is 0 Å². The Morgan fingerprint density at radius 3 is 2.36 bits per heavy atom. The fourth-order valence-electron chi connectivity index (χ4n) is 4.21. The predicted molar refractivity (Wildman–Crippen MR) is 103 cm³/mol. The van der Waals surface area contributed by atoms with Crippen molar-refractivity contribution in [1.29, 1.82) is 0 Å². The van der Waals surface area contributed by atoms with Crippen molar-refractivity contribution in [1.82, 2.24) is 5.32 Å². The van der Waals surface area contributed by atoms with Gasteiger partial charge in [0.1, 0.15) is 11.5 Å². The lowest BCUT2D eigenvalue weighted by Crippen LogP contribution is -2.44. The summed E-state index contributed by atoms with van der Waals surface area (Å²) in [5, 5.41) is 2.86. The van der Waals surface area contributed by atoms with Crippen LogP contribution in [0.1, 0.15) is 37.8 Å². The van der Waals surface area contributed by atoms with E-state index in [-0.39, 0.29) is 5.78 Å². The Morgan fingerprint density at radius 2 is 1.68 bits per heavy atom. The lowest BCUT2D eigenvalue weighted by Gasteiger charge is -2.23. The average Bonchev–Trinajstić information content (AvgIpc) is 3.38. The molecule has 0 radical (unpaired) electrons. The van der Waals surface area contributed by atoms with Crippen LogP contribution >= 0.6 is 0 Å². The third-order valence-corrected chi connectivity index (χ3v) is 5.69. The van der Waals surface area contributed by atoms with Crippen molar-refractivity contribution in [3.63, 3.8) is 0 Å². The van der Waals surface area contributed by atoms with Crippen molar-refractivity contribution >= 4 is 17.7 Å². The molecule has 5 heteroatoms. The van der Waals surface area contributed by atoms with Gasteiger partial charge in [-0.05, 0) is 11.6 Å². The van der Waals surface area contributed by atoms with Gasteiger partial charge in [0.15, 0.2) is 5.41 Å². The zero-order valence-electron chi connectivity index (χ0n) is 16.2. The summed E-state index contributed by atoms with van der Waals surface area (Å²) in [6, 6.07) is 16.6. The first kappa shape index (κ1) is 18.4. The summed E-state index contributed by atoms with van der Waals surface area (Å²) < 4.78 is 5.50. The highest BCUT2D eigenvalue weighted by atomic mass is 16.5. The summed E-state index contributed by atoms with van der Waals surface area (Å²) in [5.41, 5.74) is -0.468. The molecule has 1 heterocycles. The van der Waals surface area contributed by atoms with E-state index in [1.807, 2.05) is 63.2 Å². The number of nitrogens with one attached hydrogen (secondary N) is 1. The molecule has 28 heavy (non-hydrogen) atoms. The maximum Gasteiger partial charge on any atom is 0.328 e. The number of carbonyl (C=O) groups excluding carboxylic acids is 3. The first-order valence-electron chi connectivity index (χ1n) is 9.45. The Morgan fingerprint density at radius 1 is 1.04 bits per heavy atom. The molecular formula is C23H23NO4. The Hall–Kier alpha value is -2.95. The number of esters is 1. The summed E-state index contributed by atoms with van der Waals surface area (Å²) in [4.78, 5) is 39.4. The summed E-state index contributed by atoms with van der Waals surface area (Å²) in [6.07, 6.45) is 0. The molecule has 0 spiro atoms. The third-order valence-electron chi connectivity index (χ3n) is 5.69. The number of fused-ring (bicyclic) bond motifs is 3. The number of Topliss-reactive ketones (excluding diaryl/α,β-unsaturated/α-hetero) is 1. The average molecular weight is 377 g/mol. The van der Waals surface area contributed by atoms with Crippen LogP contribution in [0.15, 0.2) is 54.6 Å². The van der Waals surface area contributed by atoms with E-state index in [1.165, 1.54) is 0 Å². The minimum Gasteiger partial charge on any atom is -0.425 e. The van der Waals surface area contributed by atoms with Crippen molar-refractivity contribution in [3.8, 4) is 5.75 Å². The van der Waals surface area contributed by atoms with Crippen molar-refractivity contribution in [2.75, 3.05) is 0 Å². The number of benzene rings is 2. The fourth-order valence-corrected chi connectivity index (χ4v) is 4.21. The molecule has 1 N–H and O–H groups in total. The number of amides is 1. The Balaban J connectivity index is 1.70. The molecule has 2 aromatic carbocycles. The minimum absolute atomic E-state index is 0.0963. The van der Waals surface area contributed by atoms with E-state index in [1.54, 1.807) is 12.1 Å². The van der Waals surface area contributed by atoms with E-state index in [4.69, 9.17) is 4.74 Å². The molecule has 3 atom stereocenters. The summed E-state index contributed by atoms with van der Waals surface area (Å²) in [5.74, 6) is -1.92. The quantitative estimate of drug-likeness (QED) is 0.504. The molecule has 4 rings (SSSR count). The van der Waals surface area contributed by atoms with Gasteiger partial charge in [0, 0.05) is 23.4 Å². The molecule has 5 nitrogen and oxygen atoms in total. The van der Waals surface area contributed by atoms with Gasteiger partial charge in [-0.1, -0.05) is 69.3 Å². The smallest absolute Gasteiger partial charge is 0.328 e. The molecule has 1 fully saturated rings. The highest BCUT2D eigenvalue weighted by Crippen LogP contribution is 2.70. The van der Waals surface area contributed by atoms with Gasteiger partial charge < -0.3 is 10.1 Å². The van der Waals surface area contributed by atoms with Gasteiger partial charge in [0.05, 0.1) is 5.92 Å². The first-order chi connectivity index (χ1) is 13.3. The van der Waals surface area contributed by atoms with E-state index < -0.39 is 34.5 Å². The van der Waals surface area contributed by atoms with Gasteiger partial charge in [-0.3, -0.25) is 14.4 Å². The largest absolute Gasteiger partial charge is 0.425 e. The Kier molecular flexibility index (Phi) is 4.14. The second kappa shape index (κ2) is 6.30. The highest BCUT2D eigenvalue weighted by Gasteiger charge is 2.80. The van der Waals surface area contributed by atoms with Gasteiger partial charge in [-0.25, -0.2) is 0 Å². The van der Waals surface area contributed by atoms with Crippen LogP contribution in [0.4, 0.5) is 0 Å². The monoisotopic (exact) mass is 377 g/mol. The van der Waals surface area contributed by atoms with Crippen LogP contribution in [-0.4, -0.2) is 17.7 Å². The van der Waals surface area contributed by atoms with Crippen molar-refractivity contribution in [2.24, 2.45) is 16.7 Å². The molecular weight excluding hydrogens is 354 g/mol. The van der Waals surface area contributed by atoms with Gasteiger partial charge in [0.2, 0.25) is 5.91 Å². The molecule has 1 amide bonds. The lowest BCUT2D eigenvalue weighted by molar-refractivity contribution is -0.150. The third kappa shape index (κ3) is 2.65.